The summed E-state index contributed by atoms with van der Waals surface area (Å²) in [6, 6.07) is 5.91. The third-order valence-corrected chi connectivity index (χ3v) is 5.77. The third kappa shape index (κ3) is 3.99. The van der Waals surface area contributed by atoms with E-state index in [1.54, 1.807) is 16.7 Å². The number of aryl methyl sites for hydroxylation is 1. The fraction of sp³-hybridized carbons (Fsp3) is 0.571. The number of esters is 1. The zero-order valence-electron chi connectivity index (χ0n) is 16.4. The molecule has 6 nitrogen and oxygen atoms in total. The number of hydrogen-bond donors (Lipinski definition) is 0. The molecule has 2 amide bonds. The molecule has 2 saturated heterocycles. The Morgan fingerprint density at radius 3 is 2.52 bits per heavy atom. The number of carbonyl (C=O) groups is 3. The maximum absolute atomic E-state index is 12.9. The van der Waals surface area contributed by atoms with Gasteiger partial charge in [-0.1, -0.05) is 12.1 Å². The molecule has 0 aromatic heterocycles. The van der Waals surface area contributed by atoms with Crippen LogP contribution >= 0.6 is 0 Å². The summed E-state index contributed by atoms with van der Waals surface area (Å²) in [6.07, 6.45) is 1.52. The van der Waals surface area contributed by atoms with Crippen molar-refractivity contribution in [3.63, 3.8) is 0 Å². The number of hydrogen-bond acceptors (Lipinski definition) is 4. The summed E-state index contributed by atoms with van der Waals surface area (Å²) in [5.74, 6) is -0.564. The highest BCUT2D eigenvalue weighted by atomic mass is 16.5. The molecule has 0 N–H and O–H groups in total. The van der Waals surface area contributed by atoms with Gasteiger partial charge in [-0.2, -0.15) is 0 Å². The summed E-state index contributed by atoms with van der Waals surface area (Å²) in [5.41, 5.74) is 3.11. The van der Waals surface area contributed by atoms with E-state index in [1.165, 1.54) is 0 Å². The van der Waals surface area contributed by atoms with Crippen LogP contribution in [0.1, 0.15) is 37.3 Å². The Labute approximate surface area is 160 Å². The van der Waals surface area contributed by atoms with Crippen LogP contribution in [0.2, 0.25) is 0 Å². The van der Waals surface area contributed by atoms with E-state index in [-0.39, 0.29) is 36.0 Å². The maximum atomic E-state index is 12.9. The van der Waals surface area contributed by atoms with Crippen molar-refractivity contribution in [1.29, 1.82) is 0 Å². The van der Waals surface area contributed by atoms with Crippen LogP contribution in [0.4, 0.5) is 5.69 Å². The van der Waals surface area contributed by atoms with Crippen LogP contribution in [0, 0.1) is 25.7 Å². The average molecular weight is 372 g/mol. The summed E-state index contributed by atoms with van der Waals surface area (Å²) in [4.78, 5) is 40.9. The molecular formula is C21H28N2O4. The lowest BCUT2D eigenvalue weighted by atomic mass is 9.95. The summed E-state index contributed by atoms with van der Waals surface area (Å²) in [6.45, 7) is 7.75. The Kier molecular flexibility index (Phi) is 5.82. The van der Waals surface area contributed by atoms with Crippen LogP contribution in [0.3, 0.4) is 0 Å². The van der Waals surface area contributed by atoms with Gasteiger partial charge in [0.1, 0.15) is 0 Å². The molecule has 1 unspecified atom stereocenters. The minimum atomic E-state index is -0.309. The highest BCUT2D eigenvalue weighted by Crippen LogP contribution is 2.31. The number of piperidine rings is 1. The number of likely N-dealkylation sites (tertiary alicyclic amines) is 1. The van der Waals surface area contributed by atoms with E-state index in [2.05, 4.69) is 0 Å². The number of nitrogens with zero attached hydrogens (tertiary/aromatic N) is 2. The van der Waals surface area contributed by atoms with Crippen molar-refractivity contribution in [1.82, 2.24) is 4.90 Å². The van der Waals surface area contributed by atoms with Crippen molar-refractivity contribution in [2.75, 3.05) is 31.1 Å². The van der Waals surface area contributed by atoms with Crippen LogP contribution < -0.4 is 4.90 Å². The number of amides is 2. The molecule has 1 aromatic carbocycles. The quantitative estimate of drug-likeness (QED) is 0.762. The van der Waals surface area contributed by atoms with Crippen molar-refractivity contribution in [3.05, 3.63) is 29.3 Å². The third-order valence-electron chi connectivity index (χ3n) is 5.77. The molecular weight excluding hydrogens is 344 g/mol. The second-order valence-corrected chi connectivity index (χ2v) is 7.48. The predicted octanol–water partition coefficient (Wildman–Crippen LogP) is 2.46. The number of ether oxygens (including phenoxy) is 1. The SMILES string of the molecule is CCOC(=O)C1CCN(C(=O)C2CC(=O)N(c3cccc(C)c3C)C2)CC1. The second-order valence-electron chi connectivity index (χ2n) is 7.48. The van der Waals surface area contributed by atoms with Gasteiger partial charge in [0.2, 0.25) is 11.8 Å². The van der Waals surface area contributed by atoms with E-state index in [4.69, 9.17) is 4.74 Å². The van der Waals surface area contributed by atoms with Gasteiger partial charge in [0, 0.05) is 31.7 Å². The lowest BCUT2D eigenvalue weighted by Gasteiger charge is -2.32. The van der Waals surface area contributed by atoms with Crippen molar-refractivity contribution < 1.29 is 19.1 Å². The summed E-state index contributed by atoms with van der Waals surface area (Å²) < 4.78 is 5.08. The predicted molar refractivity (Wildman–Crippen MR) is 102 cm³/mol. The van der Waals surface area contributed by atoms with Crippen LogP contribution in [0.25, 0.3) is 0 Å². The summed E-state index contributed by atoms with van der Waals surface area (Å²) >= 11 is 0. The Morgan fingerprint density at radius 1 is 1.15 bits per heavy atom. The first-order chi connectivity index (χ1) is 12.9. The standard InChI is InChI=1S/C21H28N2O4/c1-4-27-21(26)16-8-10-22(11-9-16)20(25)17-12-19(24)23(13-17)18-7-5-6-14(2)15(18)3/h5-7,16-17H,4,8-13H2,1-3H3. The molecule has 0 radical (unpaired) electrons. The molecule has 1 atom stereocenters. The lowest BCUT2D eigenvalue weighted by molar-refractivity contribution is -0.151. The Bertz CT molecular complexity index is 738. The molecule has 0 bridgehead atoms. The normalized spacial score (nSPS) is 20.9. The van der Waals surface area contributed by atoms with Crippen molar-refractivity contribution in [2.45, 2.75) is 40.0 Å². The molecule has 2 fully saturated rings. The van der Waals surface area contributed by atoms with Crippen LogP contribution in [-0.2, 0) is 19.1 Å². The fourth-order valence-electron chi connectivity index (χ4n) is 3.99. The molecule has 2 heterocycles. The molecule has 0 saturated carbocycles. The smallest absolute Gasteiger partial charge is 0.309 e. The van der Waals surface area contributed by atoms with Crippen molar-refractivity contribution in [2.24, 2.45) is 11.8 Å². The van der Waals surface area contributed by atoms with Gasteiger partial charge in [0.15, 0.2) is 0 Å². The zero-order valence-corrected chi connectivity index (χ0v) is 16.4. The van der Waals surface area contributed by atoms with Gasteiger partial charge in [0.05, 0.1) is 18.4 Å². The lowest BCUT2D eigenvalue weighted by Crippen LogP contribution is -2.44. The van der Waals surface area contributed by atoms with Crippen molar-refractivity contribution >= 4 is 23.5 Å². The minimum Gasteiger partial charge on any atom is -0.466 e. The first-order valence-corrected chi connectivity index (χ1v) is 9.74. The van der Waals surface area contributed by atoms with Gasteiger partial charge in [-0.05, 0) is 50.8 Å². The summed E-state index contributed by atoms with van der Waals surface area (Å²) in [7, 11) is 0. The van der Waals surface area contributed by atoms with E-state index in [0.29, 0.717) is 39.1 Å². The largest absolute Gasteiger partial charge is 0.466 e. The van der Waals surface area contributed by atoms with E-state index >= 15 is 0 Å². The number of carbonyl (C=O) groups excluding carboxylic acids is 3. The maximum Gasteiger partial charge on any atom is 0.309 e. The highest BCUT2D eigenvalue weighted by Gasteiger charge is 2.39. The van der Waals surface area contributed by atoms with E-state index in [0.717, 1.165) is 16.8 Å². The zero-order chi connectivity index (χ0) is 19.6. The van der Waals surface area contributed by atoms with Gasteiger partial charge < -0.3 is 14.5 Å². The number of benzene rings is 1. The molecule has 1 aromatic rings. The van der Waals surface area contributed by atoms with E-state index in [1.807, 2.05) is 32.0 Å². The Morgan fingerprint density at radius 2 is 1.85 bits per heavy atom. The topological polar surface area (TPSA) is 66.9 Å². The summed E-state index contributed by atoms with van der Waals surface area (Å²) in [5, 5.41) is 0. The molecule has 0 spiro atoms. The minimum absolute atomic E-state index is 0.00320. The Balaban J connectivity index is 1.61. The molecule has 2 aliphatic rings. The molecule has 0 aliphatic carbocycles. The van der Waals surface area contributed by atoms with Crippen LogP contribution in [0.15, 0.2) is 18.2 Å². The first-order valence-electron chi connectivity index (χ1n) is 9.74. The van der Waals surface area contributed by atoms with Crippen LogP contribution in [-0.4, -0.2) is 48.9 Å². The highest BCUT2D eigenvalue weighted by molar-refractivity contribution is 6.01. The van der Waals surface area contributed by atoms with Gasteiger partial charge in [-0.3, -0.25) is 14.4 Å². The average Bonchev–Trinajstić information content (AvgIpc) is 3.05. The molecule has 6 heteroatoms. The van der Waals surface area contributed by atoms with Gasteiger partial charge >= 0.3 is 5.97 Å². The van der Waals surface area contributed by atoms with Gasteiger partial charge in [0.25, 0.3) is 0 Å². The van der Waals surface area contributed by atoms with E-state index in [9.17, 15) is 14.4 Å². The van der Waals surface area contributed by atoms with Crippen LogP contribution in [0.5, 0.6) is 0 Å². The van der Waals surface area contributed by atoms with Crippen molar-refractivity contribution in [3.8, 4) is 0 Å². The van der Waals surface area contributed by atoms with Gasteiger partial charge in [-0.25, -0.2) is 0 Å². The second kappa shape index (κ2) is 8.11. The number of anilines is 1. The molecule has 2 aliphatic heterocycles. The Hall–Kier alpha value is -2.37. The molecule has 146 valence electrons. The first kappa shape index (κ1) is 19.4. The molecule has 27 heavy (non-hydrogen) atoms. The fourth-order valence-corrected chi connectivity index (χ4v) is 3.99. The monoisotopic (exact) mass is 372 g/mol. The number of rotatable bonds is 4. The molecule has 3 rings (SSSR count). The van der Waals surface area contributed by atoms with Gasteiger partial charge in [-0.15, -0.1) is 0 Å². The van der Waals surface area contributed by atoms with E-state index < -0.39 is 0 Å².